The Morgan fingerprint density at radius 2 is 1.85 bits per heavy atom. The number of aryl methyl sites for hydroxylation is 2. The Kier molecular flexibility index (Phi) is 6.54. The first-order valence-electron chi connectivity index (χ1n) is 12.0. The van der Waals surface area contributed by atoms with E-state index in [4.69, 9.17) is 14.6 Å². The molecule has 2 aliphatic rings. The van der Waals surface area contributed by atoms with Gasteiger partial charge in [0.15, 0.2) is 5.69 Å². The normalized spacial score (nSPS) is 15.6. The van der Waals surface area contributed by atoms with Crippen LogP contribution in [0.2, 0.25) is 0 Å². The van der Waals surface area contributed by atoms with Crippen molar-refractivity contribution in [1.82, 2.24) is 20.0 Å². The summed E-state index contributed by atoms with van der Waals surface area (Å²) in [5.41, 5.74) is 5.29. The number of rotatable bonds is 9. The van der Waals surface area contributed by atoms with Crippen LogP contribution in [-0.4, -0.2) is 47.4 Å². The minimum atomic E-state index is -0.0369. The van der Waals surface area contributed by atoms with Crippen LogP contribution in [0.4, 0.5) is 0 Å². The summed E-state index contributed by atoms with van der Waals surface area (Å²) >= 11 is 0. The van der Waals surface area contributed by atoms with Crippen LogP contribution in [0.1, 0.15) is 45.7 Å². The highest BCUT2D eigenvalue weighted by Crippen LogP contribution is 2.27. The molecule has 1 aliphatic carbocycles. The van der Waals surface area contributed by atoms with E-state index in [1.54, 1.807) is 14.2 Å². The van der Waals surface area contributed by atoms with E-state index in [2.05, 4.69) is 39.2 Å². The average Bonchev–Trinajstić information content (AvgIpc) is 3.61. The molecule has 0 atom stereocenters. The van der Waals surface area contributed by atoms with Gasteiger partial charge in [-0.1, -0.05) is 24.3 Å². The van der Waals surface area contributed by atoms with Crippen LogP contribution in [0, 0.1) is 0 Å². The van der Waals surface area contributed by atoms with Gasteiger partial charge in [0.2, 0.25) is 0 Å². The Balaban J connectivity index is 1.35. The molecule has 1 N–H and O–H groups in total. The van der Waals surface area contributed by atoms with E-state index in [0.717, 1.165) is 68.9 Å². The molecule has 2 aromatic carbocycles. The lowest BCUT2D eigenvalue weighted by Gasteiger charge is -2.28. The summed E-state index contributed by atoms with van der Waals surface area (Å²) in [6, 6.07) is 16.6. The van der Waals surface area contributed by atoms with Crippen molar-refractivity contribution in [2.45, 2.75) is 51.4 Å². The molecule has 1 fully saturated rings. The number of ether oxygens (including phenoxy) is 2. The highest BCUT2D eigenvalue weighted by molar-refractivity contribution is 5.94. The van der Waals surface area contributed by atoms with Crippen LogP contribution in [0.15, 0.2) is 48.5 Å². The Hall–Kier alpha value is -3.32. The quantitative estimate of drug-likeness (QED) is 0.529. The monoisotopic (exact) mass is 460 g/mol. The third kappa shape index (κ3) is 5.09. The van der Waals surface area contributed by atoms with E-state index in [-0.39, 0.29) is 5.91 Å². The number of fused-ring (bicyclic) bond motifs is 1. The summed E-state index contributed by atoms with van der Waals surface area (Å²) in [6.07, 6.45) is 3.86. The fourth-order valence-corrected chi connectivity index (χ4v) is 4.59. The molecule has 0 spiro atoms. The topological polar surface area (TPSA) is 68.6 Å². The molecule has 7 nitrogen and oxygen atoms in total. The summed E-state index contributed by atoms with van der Waals surface area (Å²) in [4.78, 5) is 15.4. The summed E-state index contributed by atoms with van der Waals surface area (Å²) in [5.74, 6) is 1.69. The second-order valence-corrected chi connectivity index (χ2v) is 9.15. The van der Waals surface area contributed by atoms with E-state index < -0.39 is 0 Å². The number of nitrogens with zero attached hydrogens (tertiary/aromatic N) is 3. The number of methoxy groups -OCH3 is 2. The van der Waals surface area contributed by atoms with Crippen molar-refractivity contribution in [2.24, 2.45) is 0 Å². The maximum Gasteiger partial charge on any atom is 0.272 e. The van der Waals surface area contributed by atoms with E-state index in [1.807, 2.05) is 24.3 Å². The van der Waals surface area contributed by atoms with Gasteiger partial charge in [-0.15, -0.1) is 0 Å². The summed E-state index contributed by atoms with van der Waals surface area (Å²) in [6.45, 7) is 3.23. The molecule has 1 aliphatic heterocycles. The second-order valence-electron chi connectivity index (χ2n) is 9.15. The number of amides is 1. The van der Waals surface area contributed by atoms with Gasteiger partial charge in [-0.3, -0.25) is 14.4 Å². The molecule has 0 radical (unpaired) electrons. The fraction of sp³-hybridized carbons (Fsp3) is 0.407. The van der Waals surface area contributed by atoms with Gasteiger partial charge in [0.25, 0.3) is 5.91 Å². The van der Waals surface area contributed by atoms with Gasteiger partial charge in [0.1, 0.15) is 11.5 Å². The Labute approximate surface area is 200 Å². The van der Waals surface area contributed by atoms with E-state index in [1.165, 1.54) is 16.8 Å². The van der Waals surface area contributed by atoms with Gasteiger partial charge >= 0.3 is 0 Å². The highest BCUT2D eigenvalue weighted by atomic mass is 16.5. The lowest BCUT2D eigenvalue weighted by molar-refractivity contribution is 0.0943. The minimum absolute atomic E-state index is 0.0369. The maximum absolute atomic E-state index is 13.0. The van der Waals surface area contributed by atoms with Gasteiger partial charge in [-0.05, 0) is 54.7 Å². The lowest BCUT2D eigenvalue weighted by Crippen LogP contribution is -2.32. The number of carbonyl (C=O) groups is 1. The zero-order valence-electron chi connectivity index (χ0n) is 19.9. The molecule has 0 unspecified atom stereocenters. The van der Waals surface area contributed by atoms with Crippen molar-refractivity contribution in [2.75, 3.05) is 20.8 Å². The lowest BCUT2D eigenvalue weighted by atomic mass is 10.0. The van der Waals surface area contributed by atoms with Gasteiger partial charge in [0.05, 0.1) is 14.2 Å². The molecule has 1 saturated carbocycles. The van der Waals surface area contributed by atoms with E-state index in [9.17, 15) is 4.79 Å². The molecule has 1 aromatic heterocycles. The Morgan fingerprint density at radius 1 is 1.06 bits per heavy atom. The van der Waals surface area contributed by atoms with Crippen LogP contribution in [-0.2, 0) is 32.5 Å². The predicted molar refractivity (Wildman–Crippen MR) is 130 cm³/mol. The Morgan fingerprint density at radius 3 is 2.59 bits per heavy atom. The van der Waals surface area contributed by atoms with E-state index >= 15 is 0 Å². The maximum atomic E-state index is 13.0. The van der Waals surface area contributed by atoms with Gasteiger partial charge in [0, 0.05) is 49.9 Å². The first kappa shape index (κ1) is 22.5. The van der Waals surface area contributed by atoms with Gasteiger partial charge in [-0.25, -0.2) is 0 Å². The van der Waals surface area contributed by atoms with Crippen LogP contribution >= 0.6 is 0 Å². The number of hydrogen-bond acceptors (Lipinski definition) is 5. The summed E-state index contributed by atoms with van der Waals surface area (Å²) in [5, 5.41) is 7.96. The second kappa shape index (κ2) is 9.89. The molecule has 0 saturated heterocycles. The average molecular weight is 461 g/mol. The SMILES string of the molecule is COc1ccc(CCn2nc(C(=O)NC3CC3)c3c2CCN(Cc2cccc(OC)c2)C3)cc1. The molecule has 178 valence electrons. The molecular weight excluding hydrogens is 428 g/mol. The molecule has 0 bridgehead atoms. The number of benzene rings is 2. The molecule has 5 rings (SSSR count). The zero-order valence-corrected chi connectivity index (χ0v) is 19.9. The molecule has 7 heteroatoms. The third-order valence-electron chi connectivity index (χ3n) is 6.65. The predicted octanol–water partition coefficient (Wildman–Crippen LogP) is 3.59. The minimum Gasteiger partial charge on any atom is -0.497 e. The number of hydrogen-bond donors (Lipinski definition) is 1. The first-order valence-corrected chi connectivity index (χ1v) is 12.0. The molecule has 3 aromatic rings. The third-order valence-corrected chi connectivity index (χ3v) is 6.65. The smallest absolute Gasteiger partial charge is 0.272 e. The van der Waals surface area contributed by atoms with Crippen LogP contribution in [0.3, 0.4) is 0 Å². The van der Waals surface area contributed by atoms with E-state index in [0.29, 0.717) is 11.7 Å². The van der Waals surface area contributed by atoms with Crippen molar-refractivity contribution >= 4 is 5.91 Å². The number of carbonyl (C=O) groups excluding carboxylic acids is 1. The standard InChI is InChI=1S/C27H32N4O3/c1-33-22-10-6-19(7-11-22)12-15-31-25-13-14-30(17-20-4-3-5-23(16-20)34-2)18-24(25)26(29-31)27(32)28-21-8-9-21/h3-7,10-11,16,21H,8-9,12-15,17-18H2,1-2H3,(H,28,32). The van der Waals surface area contributed by atoms with Crippen LogP contribution in [0.5, 0.6) is 11.5 Å². The first-order chi connectivity index (χ1) is 16.6. The molecule has 34 heavy (non-hydrogen) atoms. The fourth-order valence-electron chi connectivity index (χ4n) is 4.59. The highest BCUT2D eigenvalue weighted by Gasteiger charge is 2.31. The number of aromatic nitrogens is 2. The largest absolute Gasteiger partial charge is 0.497 e. The van der Waals surface area contributed by atoms with Crippen molar-refractivity contribution in [1.29, 1.82) is 0 Å². The zero-order chi connectivity index (χ0) is 23.5. The van der Waals surface area contributed by atoms with Crippen molar-refractivity contribution < 1.29 is 14.3 Å². The Bertz CT molecular complexity index is 1150. The van der Waals surface area contributed by atoms with Crippen LogP contribution < -0.4 is 14.8 Å². The number of nitrogens with one attached hydrogen (secondary N) is 1. The molecular formula is C27H32N4O3. The van der Waals surface area contributed by atoms with Crippen LogP contribution in [0.25, 0.3) is 0 Å². The summed E-state index contributed by atoms with van der Waals surface area (Å²) in [7, 11) is 3.37. The van der Waals surface area contributed by atoms with Crippen molar-refractivity contribution in [3.63, 3.8) is 0 Å². The summed E-state index contributed by atoms with van der Waals surface area (Å²) < 4.78 is 12.7. The molecule has 1 amide bonds. The van der Waals surface area contributed by atoms with Gasteiger partial charge in [-0.2, -0.15) is 5.10 Å². The van der Waals surface area contributed by atoms with Crippen molar-refractivity contribution in [3.05, 3.63) is 76.6 Å². The van der Waals surface area contributed by atoms with Crippen molar-refractivity contribution in [3.8, 4) is 11.5 Å². The van der Waals surface area contributed by atoms with Gasteiger partial charge < -0.3 is 14.8 Å². The molecule has 2 heterocycles.